The number of carbonyl (C=O) groups excluding carboxylic acids is 1. The Morgan fingerprint density at radius 3 is 3.07 bits per heavy atom. The average molecular weight is 213 g/mol. The van der Waals surface area contributed by atoms with Crippen LogP contribution in [0.4, 0.5) is 0 Å². The maximum atomic E-state index is 11.3. The van der Waals surface area contributed by atoms with E-state index in [-0.39, 0.29) is 5.97 Å². The molecule has 0 fully saturated rings. The van der Waals surface area contributed by atoms with Gasteiger partial charge in [0, 0.05) is 4.88 Å². The zero-order valence-electron chi connectivity index (χ0n) is 8.23. The molecule has 0 aromatic carbocycles. The number of ether oxygens (including phenoxy) is 1. The number of hydrogen-bond donors (Lipinski definition) is 1. The second kappa shape index (κ2) is 5.78. The predicted molar refractivity (Wildman–Crippen MR) is 57.0 cm³/mol. The molecule has 0 aliphatic carbocycles. The molecule has 3 nitrogen and oxygen atoms in total. The van der Waals surface area contributed by atoms with Crippen LogP contribution in [0.5, 0.6) is 0 Å². The molecule has 0 saturated carbocycles. The van der Waals surface area contributed by atoms with E-state index in [0.717, 1.165) is 11.3 Å². The van der Waals surface area contributed by atoms with Crippen LogP contribution in [0, 0.1) is 0 Å². The lowest BCUT2D eigenvalue weighted by molar-refractivity contribution is -0.146. The van der Waals surface area contributed by atoms with Crippen LogP contribution < -0.4 is 5.73 Å². The van der Waals surface area contributed by atoms with Crippen molar-refractivity contribution in [3.8, 4) is 0 Å². The lowest BCUT2D eigenvalue weighted by atomic mass is 10.2. The average Bonchev–Trinajstić information content (AvgIpc) is 2.67. The van der Waals surface area contributed by atoms with Crippen LogP contribution in [0.25, 0.3) is 0 Å². The molecule has 1 rings (SSSR count). The van der Waals surface area contributed by atoms with E-state index in [0.29, 0.717) is 13.0 Å². The molecule has 0 radical (unpaired) electrons. The maximum Gasteiger partial charge on any atom is 0.323 e. The first-order valence-corrected chi connectivity index (χ1v) is 5.56. The molecule has 78 valence electrons. The fourth-order valence-corrected chi connectivity index (χ4v) is 1.69. The van der Waals surface area contributed by atoms with Crippen molar-refractivity contribution >= 4 is 17.3 Å². The molecule has 1 heterocycles. The third-order valence-electron chi connectivity index (χ3n) is 1.84. The summed E-state index contributed by atoms with van der Waals surface area (Å²) in [5.41, 5.74) is 5.60. The monoisotopic (exact) mass is 213 g/mol. The van der Waals surface area contributed by atoms with Gasteiger partial charge in [0.1, 0.15) is 12.6 Å². The SMILES string of the molecule is CCC[C@@H](N)C(=O)OCc1cccs1. The van der Waals surface area contributed by atoms with E-state index >= 15 is 0 Å². The Hall–Kier alpha value is -0.870. The van der Waals surface area contributed by atoms with Gasteiger partial charge < -0.3 is 10.5 Å². The summed E-state index contributed by atoms with van der Waals surface area (Å²) in [6, 6.07) is 3.39. The van der Waals surface area contributed by atoms with Gasteiger partial charge >= 0.3 is 5.97 Å². The maximum absolute atomic E-state index is 11.3. The fourth-order valence-electron chi connectivity index (χ4n) is 1.07. The van der Waals surface area contributed by atoms with E-state index in [1.165, 1.54) is 0 Å². The molecule has 0 aliphatic heterocycles. The van der Waals surface area contributed by atoms with E-state index in [1.807, 2.05) is 24.4 Å². The molecule has 4 heteroatoms. The molecule has 0 amide bonds. The second-order valence-corrected chi connectivity index (χ2v) is 4.11. The van der Waals surface area contributed by atoms with Crippen LogP contribution in [0.1, 0.15) is 24.6 Å². The standard InChI is InChI=1S/C10H15NO2S/c1-2-4-9(11)10(12)13-7-8-5-3-6-14-8/h3,5-6,9H,2,4,7,11H2,1H3/t9-/m1/s1. The molecule has 2 N–H and O–H groups in total. The molecule has 14 heavy (non-hydrogen) atoms. The minimum absolute atomic E-state index is 0.305. The van der Waals surface area contributed by atoms with Crippen LogP contribution >= 0.6 is 11.3 Å². The summed E-state index contributed by atoms with van der Waals surface area (Å²) in [6.45, 7) is 2.33. The van der Waals surface area contributed by atoms with Gasteiger partial charge in [-0.15, -0.1) is 11.3 Å². The van der Waals surface area contributed by atoms with Gasteiger partial charge in [-0.3, -0.25) is 4.79 Å². The Morgan fingerprint density at radius 2 is 2.50 bits per heavy atom. The molecule has 0 saturated heterocycles. The normalized spacial score (nSPS) is 12.4. The lowest BCUT2D eigenvalue weighted by Crippen LogP contribution is -2.31. The van der Waals surface area contributed by atoms with Crippen LogP contribution in [0.3, 0.4) is 0 Å². The van der Waals surface area contributed by atoms with Gasteiger partial charge in [0.15, 0.2) is 0 Å². The van der Waals surface area contributed by atoms with Gasteiger partial charge in [-0.2, -0.15) is 0 Å². The highest BCUT2D eigenvalue weighted by molar-refractivity contribution is 7.09. The van der Waals surface area contributed by atoms with Gasteiger partial charge in [0.2, 0.25) is 0 Å². The summed E-state index contributed by atoms with van der Waals surface area (Å²) in [4.78, 5) is 12.3. The number of hydrogen-bond acceptors (Lipinski definition) is 4. The topological polar surface area (TPSA) is 52.3 Å². The van der Waals surface area contributed by atoms with Crippen molar-refractivity contribution in [3.05, 3.63) is 22.4 Å². The number of rotatable bonds is 5. The molecule has 0 bridgehead atoms. The van der Waals surface area contributed by atoms with Crippen molar-refractivity contribution in [2.24, 2.45) is 5.73 Å². The van der Waals surface area contributed by atoms with Crippen LogP contribution in [-0.2, 0) is 16.1 Å². The molecule has 0 spiro atoms. The Balaban J connectivity index is 2.27. The smallest absolute Gasteiger partial charge is 0.323 e. The zero-order valence-corrected chi connectivity index (χ0v) is 9.05. The van der Waals surface area contributed by atoms with Gasteiger partial charge in [-0.25, -0.2) is 0 Å². The highest BCUT2D eigenvalue weighted by Gasteiger charge is 2.13. The van der Waals surface area contributed by atoms with Crippen LogP contribution in [0.2, 0.25) is 0 Å². The molecular weight excluding hydrogens is 198 g/mol. The molecule has 0 aliphatic rings. The lowest BCUT2D eigenvalue weighted by Gasteiger charge is -2.09. The van der Waals surface area contributed by atoms with E-state index in [4.69, 9.17) is 10.5 Å². The van der Waals surface area contributed by atoms with E-state index in [1.54, 1.807) is 11.3 Å². The van der Waals surface area contributed by atoms with E-state index in [9.17, 15) is 4.79 Å². The van der Waals surface area contributed by atoms with Crippen molar-refractivity contribution in [2.45, 2.75) is 32.4 Å². The first-order valence-electron chi connectivity index (χ1n) is 4.68. The Kier molecular flexibility index (Phi) is 4.62. The second-order valence-electron chi connectivity index (χ2n) is 3.08. The highest BCUT2D eigenvalue weighted by atomic mass is 32.1. The number of carbonyl (C=O) groups is 1. The predicted octanol–water partition coefficient (Wildman–Crippen LogP) is 1.92. The minimum atomic E-state index is -0.472. The van der Waals surface area contributed by atoms with Crippen LogP contribution in [-0.4, -0.2) is 12.0 Å². The highest BCUT2D eigenvalue weighted by Crippen LogP contribution is 2.10. The first-order chi connectivity index (χ1) is 6.74. The fraction of sp³-hybridized carbons (Fsp3) is 0.500. The summed E-state index contributed by atoms with van der Waals surface area (Å²) >= 11 is 1.57. The summed E-state index contributed by atoms with van der Waals surface area (Å²) < 4.78 is 5.05. The summed E-state index contributed by atoms with van der Waals surface area (Å²) in [5, 5.41) is 1.95. The molecule has 1 atom stereocenters. The molecule has 1 aromatic rings. The Bertz CT molecular complexity index is 272. The van der Waals surface area contributed by atoms with Crippen molar-refractivity contribution in [1.82, 2.24) is 0 Å². The van der Waals surface area contributed by atoms with Gasteiger partial charge in [-0.1, -0.05) is 19.4 Å². The quantitative estimate of drug-likeness (QED) is 0.760. The third kappa shape index (κ3) is 3.47. The van der Waals surface area contributed by atoms with Crippen molar-refractivity contribution < 1.29 is 9.53 Å². The van der Waals surface area contributed by atoms with Gasteiger partial charge in [0.25, 0.3) is 0 Å². The minimum Gasteiger partial charge on any atom is -0.459 e. The van der Waals surface area contributed by atoms with Crippen molar-refractivity contribution in [2.75, 3.05) is 0 Å². The van der Waals surface area contributed by atoms with Crippen molar-refractivity contribution in [3.63, 3.8) is 0 Å². The Labute approximate surface area is 87.9 Å². The molecule has 0 unspecified atom stereocenters. The number of nitrogens with two attached hydrogens (primary N) is 1. The van der Waals surface area contributed by atoms with E-state index in [2.05, 4.69) is 0 Å². The van der Waals surface area contributed by atoms with E-state index < -0.39 is 6.04 Å². The third-order valence-corrected chi connectivity index (χ3v) is 2.69. The Morgan fingerprint density at radius 1 is 1.71 bits per heavy atom. The molecule has 1 aromatic heterocycles. The molecular formula is C10H15NO2S. The zero-order chi connectivity index (χ0) is 10.4. The number of thiophene rings is 1. The van der Waals surface area contributed by atoms with Crippen molar-refractivity contribution in [1.29, 1.82) is 0 Å². The summed E-state index contributed by atoms with van der Waals surface area (Å²) in [6.07, 6.45) is 1.58. The largest absolute Gasteiger partial charge is 0.459 e. The number of esters is 1. The summed E-state index contributed by atoms with van der Waals surface area (Å²) in [5.74, 6) is -0.305. The first kappa shape index (κ1) is 11.2. The van der Waals surface area contributed by atoms with Crippen LogP contribution in [0.15, 0.2) is 17.5 Å². The van der Waals surface area contributed by atoms with Gasteiger partial charge in [0.05, 0.1) is 0 Å². The van der Waals surface area contributed by atoms with Gasteiger partial charge in [-0.05, 0) is 17.9 Å². The summed E-state index contributed by atoms with van der Waals surface area (Å²) in [7, 11) is 0.